The van der Waals surface area contributed by atoms with Crippen LogP contribution in [0.4, 0.5) is 0 Å². The first-order valence-corrected chi connectivity index (χ1v) is 6.81. The molecule has 0 aliphatic carbocycles. The first-order valence-electron chi connectivity index (χ1n) is 4.77. The zero-order chi connectivity index (χ0) is 11.5. The number of nitrogens with zero attached hydrogens (tertiary/aromatic N) is 3. The molecule has 0 bridgehead atoms. The number of thioether (sulfide) groups is 1. The van der Waals surface area contributed by atoms with Gasteiger partial charge in [-0.05, 0) is 12.7 Å². The number of aliphatic hydroxyl groups excluding tert-OH is 1. The smallest absolute Gasteiger partial charge is 0.273 e. The number of thiazole rings is 1. The minimum absolute atomic E-state index is 0.0726. The van der Waals surface area contributed by atoms with Gasteiger partial charge in [0.05, 0.1) is 0 Å². The molecule has 0 saturated heterocycles. The molecule has 0 saturated carbocycles. The third-order valence-electron chi connectivity index (χ3n) is 2.10. The Morgan fingerprint density at radius 2 is 2.44 bits per heavy atom. The number of aromatic nitrogens is 3. The number of aryl methyl sites for hydroxylation is 1. The molecule has 0 aliphatic heterocycles. The van der Waals surface area contributed by atoms with E-state index >= 15 is 0 Å². The highest BCUT2D eigenvalue weighted by Gasteiger charge is 2.09. The van der Waals surface area contributed by atoms with Crippen molar-refractivity contribution in [2.24, 2.45) is 0 Å². The fraction of sp³-hybridized carbons (Fsp3) is 0.444. The van der Waals surface area contributed by atoms with E-state index in [1.807, 2.05) is 6.26 Å². The van der Waals surface area contributed by atoms with Gasteiger partial charge in [0, 0.05) is 13.2 Å². The van der Waals surface area contributed by atoms with E-state index in [-0.39, 0.29) is 12.2 Å². The van der Waals surface area contributed by atoms with Gasteiger partial charge in [-0.25, -0.2) is 9.97 Å². The highest BCUT2D eigenvalue weighted by molar-refractivity contribution is 8.00. The Hall–Kier alpha value is -0.920. The van der Waals surface area contributed by atoms with E-state index in [1.54, 1.807) is 0 Å². The molecule has 0 unspecified atom stereocenters. The molecule has 86 valence electrons. The lowest BCUT2D eigenvalue weighted by Crippen LogP contribution is -2.20. The average molecular weight is 257 g/mol. The van der Waals surface area contributed by atoms with Crippen LogP contribution in [-0.4, -0.2) is 32.5 Å². The number of rotatable bonds is 4. The molecule has 0 aromatic carbocycles. The molecular weight excluding hydrogens is 246 g/mol. The summed E-state index contributed by atoms with van der Waals surface area (Å²) in [6.45, 7) is 0.563. The molecule has 0 atom stereocenters. The molecule has 5 nitrogen and oxygen atoms in total. The lowest BCUT2D eigenvalue weighted by Gasteiger charge is -2.01. The number of aliphatic hydroxyl groups is 1. The lowest BCUT2D eigenvalue weighted by atomic mass is 10.4. The minimum atomic E-state index is -0.0729. The van der Waals surface area contributed by atoms with Gasteiger partial charge in [0.2, 0.25) is 0 Å². The van der Waals surface area contributed by atoms with Crippen LogP contribution in [0.15, 0.2) is 15.5 Å². The van der Waals surface area contributed by atoms with Gasteiger partial charge >= 0.3 is 0 Å². The van der Waals surface area contributed by atoms with Gasteiger partial charge in [-0.15, -0.1) is 11.3 Å². The van der Waals surface area contributed by atoms with Crippen LogP contribution in [0.3, 0.4) is 0 Å². The van der Waals surface area contributed by atoms with E-state index in [0.717, 1.165) is 4.34 Å². The van der Waals surface area contributed by atoms with Crippen LogP contribution in [0, 0.1) is 0 Å². The lowest BCUT2D eigenvalue weighted by molar-refractivity contribution is 0.279. The van der Waals surface area contributed by atoms with Crippen LogP contribution in [0.25, 0.3) is 10.3 Å². The Bertz CT molecular complexity index is 549. The molecule has 1 N–H and O–H groups in total. The molecule has 0 fully saturated rings. The highest BCUT2D eigenvalue weighted by Crippen LogP contribution is 2.24. The number of fused-ring (bicyclic) bond motifs is 1. The van der Waals surface area contributed by atoms with Gasteiger partial charge in [-0.3, -0.25) is 9.36 Å². The Morgan fingerprint density at radius 1 is 1.62 bits per heavy atom. The molecule has 2 aromatic heterocycles. The Balaban J connectivity index is 2.47. The molecule has 2 rings (SSSR count). The van der Waals surface area contributed by atoms with Crippen LogP contribution >= 0.6 is 23.1 Å². The van der Waals surface area contributed by atoms with Crippen LogP contribution in [-0.2, 0) is 6.54 Å². The van der Waals surface area contributed by atoms with Gasteiger partial charge < -0.3 is 5.11 Å². The van der Waals surface area contributed by atoms with E-state index in [2.05, 4.69) is 9.97 Å². The summed E-state index contributed by atoms with van der Waals surface area (Å²) in [4.78, 5) is 20.3. The van der Waals surface area contributed by atoms with Crippen molar-refractivity contribution in [1.82, 2.24) is 14.5 Å². The normalized spacial score (nSPS) is 11.1. The van der Waals surface area contributed by atoms with Crippen LogP contribution in [0.1, 0.15) is 6.42 Å². The van der Waals surface area contributed by atoms with Gasteiger partial charge in [-0.1, -0.05) is 11.8 Å². The fourth-order valence-electron chi connectivity index (χ4n) is 1.31. The third-order valence-corrected chi connectivity index (χ3v) is 4.11. The van der Waals surface area contributed by atoms with Gasteiger partial charge in [0.25, 0.3) is 5.56 Å². The van der Waals surface area contributed by atoms with Crippen molar-refractivity contribution < 1.29 is 5.11 Å². The monoisotopic (exact) mass is 257 g/mol. The molecule has 16 heavy (non-hydrogen) atoms. The zero-order valence-corrected chi connectivity index (χ0v) is 10.3. The Labute approximate surface area is 100 Å². The molecule has 0 radical (unpaired) electrons. The summed E-state index contributed by atoms with van der Waals surface area (Å²) in [6.07, 6.45) is 3.97. The van der Waals surface area contributed by atoms with E-state index in [4.69, 9.17) is 5.11 Å². The Kier molecular flexibility index (Phi) is 3.57. The summed E-state index contributed by atoms with van der Waals surface area (Å²) < 4.78 is 2.95. The first kappa shape index (κ1) is 11.6. The van der Waals surface area contributed by atoms with Crippen molar-refractivity contribution in [3.63, 3.8) is 0 Å². The molecule has 0 spiro atoms. The van der Waals surface area contributed by atoms with Crippen molar-refractivity contribution >= 4 is 33.4 Å². The minimum Gasteiger partial charge on any atom is -0.396 e. The highest BCUT2D eigenvalue weighted by atomic mass is 32.2. The summed E-state index contributed by atoms with van der Waals surface area (Å²) in [5.74, 6) is 0. The Morgan fingerprint density at radius 3 is 3.12 bits per heavy atom. The van der Waals surface area contributed by atoms with Crippen LogP contribution in [0.5, 0.6) is 0 Å². The van der Waals surface area contributed by atoms with E-state index < -0.39 is 0 Å². The predicted octanol–water partition coefficient (Wildman–Crippen LogP) is 0.957. The van der Waals surface area contributed by atoms with Crippen LogP contribution < -0.4 is 5.56 Å². The number of hydrogen-bond acceptors (Lipinski definition) is 6. The van der Waals surface area contributed by atoms with Gasteiger partial charge in [-0.2, -0.15) is 0 Å². The van der Waals surface area contributed by atoms with Crippen molar-refractivity contribution in [2.45, 2.75) is 17.3 Å². The second kappa shape index (κ2) is 4.94. The molecule has 7 heteroatoms. The predicted molar refractivity (Wildman–Crippen MR) is 65.2 cm³/mol. The summed E-state index contributed by atoms with van der Waals surface area (Å²) in [5.41, 5.74) is 0.441. The second-order valence-corrected chi connectivity index (χ2v) is 5.21. The van der Waals surface area contributed by atoms with Crippen molar-refractivity contribution in [3.8, 4) is 0 Å². The van der Waals surface area contributed by atoms with Crippen LogP contribution in [0.2, 0.25) is 0 Å². The number of hydrogen-bond donors (Lipinski definition) is 1. The summed E-state index contributed by atoms with van der Waals surface area (Å²) in [7, 11) is 0. The molecule has 2 aromatic rings. The average Bonchev–Trinajstić information content (AvgIpc) is 2.72. The SMILES string of the molecule is CSc1nc2ncn(CCCO)c(=O)c2s1. The largest absolute Gasteiger partial charge is 0.396 e. The maximum absolute atomic E-state index is 12.0. The summed E-state index contributed by atoms with van der Waals surface area (Å²) in [5, 5.41) is 8.73. The summed E-state index contributed by atoms with van der Waals surface area (Å²) >= 11 is 2.87. The maximum atomic E-state index is 12.0. The summed E-state index contributed by atoms with van der Waals surface area (Å²) in [6, 6.07) is 0. The van der Waals surface area contributed by atoms with Crippen molar-refractivity contribution in [2.75, 3.05) is 12.9 Å². The zero-order valence-electron chi connectivity index (χ0n) is 8.71. The fourth-order valence-corrected chi connectivity index (χ4v) is 2.78. The van der Waals surface area contributed by atoms with Gasteiger partial charge in [0.15, 0.2) is 9.99 Å². The topological polar surface area (TPSA) is 68.0 Å². The quantitative estimate of drug-likeness (QED) is 0.826. The van der Waals surface area contributed by atoms with Gasteiger partial charge in [0.1, 0.15) is 11.0 Å². The maximum Gasteiger partial charge on any atom is 0.273 e. The van der Waals surface area contributed by atoms with E-state index in [1.165, 1.54) is 34.0 Å². The van der Waals surface area contributed by atoms with E-state index in [0.29, 0.717) is 23.3 Å². The molecule has 2 heterocycles. The standard InChI is InChI=1S/C9H11N3O2S2/c1-15-9-11-7-6(16-9)8(14)12(5-10-7)3-2-4-13/h5,13H,2-4H2,1H3. The van der Waals surface area contributed by atoms with E-state index in [9.17, 15) is 4.79 Å². The molecule has 0 amide bonds. The van der Waals surface area contributed by atoms with Crippen molar-refractivity contribution in [3.05, 3.63) is 16.7 Å². The third kappa shape index (κ3) is 2.11. The van der Waals surface area contributed by atoms with Crippen molar-refractivity contribution in [1.29, 1.82) is 0 Å². The first-order chi connectivity index (χ1) is 7.76. The second-order valence-electron chi connectivity index (χ2n) is 3.16. The molecular formula is C9H11N3O2S2. The molecule has 0 aliphatic rings.